The molecular formula is C17H20N2. The average molecular weight is 252 g/mol. The summed E-state index contributed by atoms with van der Waals surface area (Å²) in [6.45, 7) is 2.15. The van der Waals surface area contributed by atoms with E-state index in [1.165, 1.54) is 28.7 Å². The van der Waals surface area contributed by atoms with Crippen molar-refractivity contribution in [3.05, 3.63) is 70.8 Å². The quantitative estimate of drug-likeness (QED) is 0.647. The molecule has 2 nitrogen and oxygen atoms in total. The van der Waals surface area contributed by atoms with Crippen molar-refractivity contribution in [1.29, 1.82) is 0 Å². The summed E-state index contributed by atoms with van der Waals surface area (Å²) in [6, 6.07) is 17.4. The van der Waals surface area contributed by atoms with Crippen molar-refractivity contribution < 1.29 is 0 Å². The number of rotatable bonds is 4. The maximum absolute atomic E-state index is 5.77. The van der Waals surface area contributed by atoms with E-state index in [2.05, 4.69) is 60.9 Å². The third-order valence-electron chi connectivity index (χ3n) is 4.25. The van der Waals surface area contributed by atoms with Crippen LogP contribution in [0.4, 0.5) is 0 Å². The molecule has 2 heteroatoms. The Morgan fingerprint density at radius 2 is 1.89 bits per heavy atom. The Balaban J connectivity index is 1.78. The summed E-state index contributed by atoms with van der Waals surface area (Å²) in [5.41, 5.74) is 8.60. The Hall–Kier alpha value is -1.64. The third kappa shape index (κ3) is 2.29. The molecule has 0 radical (unpaired) electrons. The van der Waals surface area contributed by atoms with Gasteiger partial charge in [0.15, 0.2) is 0 Å². The van der Waals surface area contributed by atoms with E-state index in [4.69, 9.17) is 5.84 Å². The van der Waals surface area contributed by atoms with Crippen LogP contribution < -0.4 is 11.3 Å². The number of nitrogens with one attached hydrogen (secondary N) is 1. The van der Waals surface area contributed by atoms with Gasteiger partial charge in [0.1, 0.15) is 0 Å². The van der Waals surface area contributed by atoms with Gasteiger partial charge in [0.2, 0.25) is 0 Å². The minimum Gasteiger partial charge on any atom is -0.271 e. The topological polar surface area (TPSA) is 38.0 Å². The zero-order valence-electron chi connectivity index (χ0n) is 11.3. The van der Waals surface area contributed by atoms with Gasteiger partial charge in [-0.3, -0.25) is 11.3 Å². The molecule has 2 aromatic carbocycles. The Morgan fingerprint density at radius 3 is 2.63 bits per heavy atom. The van der Waals surface area contributed by atoms with Gasteiger partial charge in [0, 0.05) is 6.04 Å². The molecule has 2 atom stereocenters. The molecule has 1 aliphatic carbocycles. The highest BCUT2D eigenvalue weighted by molar-refractivity contribution is 5.40. The summed E-state index contributed by atoms with van der Waals surface area (Å²) >= 11 is 0. The van der Waals surface area contributed by atoms with Crippen LogP contribution in [0.2, 0.25) is 0 Å². The second kappa shape index (κ2) is 5.16. The monoisotopic (exact) mass is 252 g/mol. The summed E-state index contributed by atoms with van der Waals surface area (Å²) in [5.74, 6) is 6.41. The van der Waals surface area contributed by atoms with Crippen LogP contribution in [0.25, 0.3) is 0 Å². The SMILES string of the molecule is Cc1ccccc1C(CC1Cc2ccccc21)NN. The van der Waals surface area contributed by atoms with Crippen LogP contribution in [-0.4, -0.2) is 0 Å². The summed E-state index contributed by atoms with van der Waals surface area (Å²) in [7, 11) is 0. The van der Waals surface area contributed by atoms with Crippen LogP contribution in [0, 0.1) is 6.92 Å². The van der Waals surface area contributed by atoms with E-state index in [0.717, 1.165) is 6.42 Å². The first kappa shape index (κ1) is 12.4. The van der Waals surface area contributed by atoms with E-state index in [1.54, 1.807) is 0 Å². The van der Waals surface area contributed by atoms with Crippen molar-refractivity contribution in [2.24, 2.45) is 5.84 Å². The molecule has 0 fully saturated rings. The Bertz CT molecular complexity index is 577. The predicted molar refractivity (Wildman–Crippen MR) is 78.7 cm³/mol. The molecule has 3 rings (SSSR count). The molecule has 2 aromatic rings. The lowest BCUT2D eigenvalue weighted by atomic mass is 9.73. The van der Waals surface area contributed by atoms with Crippen molar-refractivity contribution in [3.63, 3.8) is 0 Å². The number of benzene rings is 2. The lowest BCUT2D eigenvalue weighted by Crippen LogP contribution is -2.32. The minimum atomic E-state index is 0.236. The first-order valence-electron chi connectivity index (χ1n) is 6.89. The number of nitrogens with two attached hydrogens (primary N) is 1. The standard InChI is InChI=1S/C17H20N2/c1-12-6-2-4-8-15(12)17(19-18)11-14-10-13-7-3-5-9-16(13)14/h2-9,14,17,19H,10-11,18H2,1H3. The fraction of sp³-hybridized carbons (Fsp3) is 0.294. The molecule has 0 aromatic heterocycles. The Kier molecular flexibility index (Phi) is 3.36. The first-order chi connectivity index (χ1) is 9.29. The summed E-state index contributed by atoms with van der Waals surface area (Å²) < 4.78 is 0. The van der Waals surface area contributed by atoms with Gasteiger partial charge in [0.05, 0.1) is 0 Å². The van der Waals surface area contributed by atoms with Gasteiger partial charge in [-0.1, -0.05) is 48.5 Å². The molecule has 3 N–H and O–H groups in total. The van der Waals surface area contributed by atoms with Crippen molar-refractivity contribution >= 4 is 0 Å². The van der Waals surface area contributed by atoms with Gasteiger partial charge in [-0.2, -0.15) is 0 Å². The molecule has 0 heterocycles. The van der Waals surface area contributed by atoms with Gasteiger partial charge < -0.3 is 0 Å². The summed E-state index contributed by atoms with van der Waals surface area (Å²) in [6.07, 6.45) is 2.25. The summed E-state index contributed by atoms with van der Waals surface area (Å²) in [4.78, 5) is 0. The highest BCUT2D eigenvalue weighted by Gasteiger charge is 2.28. The molecule has 0 saturated carbocycles. The first-order valence-corrected chi connectivity index (χ1v) is 6.89. The molecule has 98 valence electrons. The van der Waals surface area contributed by atoms with Gasteiger partial charge in [-0.15, -0.1) is 0 Å². The lowest BCUT2D eigenvalue weighted by Gasteiger charge is -2.33. The smallest absolute Gasteiger partial charge is 0.0468 e. The van der Waals surface area contributed by atoms with Crippen molar-refractivity contribution in [1.82, 2.24) is 5.43 Å². The molecule has 19 heavy (non-hydrogen) atoms. The van der Waals surface area contributed by atoms with Crippen LogP contribution in [0.5, 0.6) is 0 Å². The van der Waals surface area contributed by atoms with E-state index >= 15 is 0 Å². The Morgan fingerprint density at radius 1 is 1.16 bits per heavy atom. The molecular weight excluding hydrogens is 232 g/mol. The minimum absolute atomic E-state index is 0.236. The summed E-state index contributed by atoms with van der Waals surface area (Å²) in [5, 5.41) is 0. The maximum Gasteiger partial charge on any atom is 0.0468 e. The van der Waals surface area contributed by atoms with Crippen LogP contribution >= 0.6 is 0 Å². The van der Waals surface area contributed by atoms with Gasteiger partial charge >= 0.3 is 0 Å². The van der Waals surface area contributed by atoms with Gasteiger partial charge in [-0.25, -0.2) is 0 Å². The molecule has 0 bridgehead atoms. The number of hydrogen-bond acceptors (Lipinski definition) is 2. The Labute approximate surface area is 114 Å². The second-order valence-electron chi connectivity index (χ2n) is 5.41. The van der Waals surface area contributed by atoms with E-state index in [9.17, 15) is 0 Å². The van der Waals surface area contributed by atoms with Crippen LogP contribution in [0.1, 0.15) is 40.6 Å². The number of hydrogen-bond donors (Lipinski definition) is 2. The van der Waals surface area contributed by atoms with E-state index in [1.807, 2.05) is 0 Å². The largest absolute Gasteiger partial charge is 0.271 e. The normalized spacial score (nSPS) is 18.5. The van der Waals surface area contributed by atoms with Crippen LogP contribution in [0.15, 0.2) is 48.5 Å². The average Bonchev–Trinajstić information content (AvgIpc) is 2.42. The van der Waals surface area contributed by atoms with Gasteiger partial charge in [-0.05, 0) is 47.9 Å². The lowest BCUT2D eigenvalue weighted by molar-refractivity contribution is 0.434. The maximum atomic E-state index is 5.77. The number of hydrazine groups is 1. The number of fused-ring (bicyclic) bond motifs is 1. The molecule has 0 saturated heterocycles. The molecule has 1 aliphatic rings. The third-order valence-corrected chi connectivity index (χ3v) is 4.25. The zero-order chi connectivity index (χ0) is 13.2. The molecule has 0 amide bonds. The van der Waals surface area contributed by atoms with E-state index < -0.39 is 0 Å². The number of aryl methyl sites for hydroxylation is 1. The van der Waals surface area contributed by atoms with E-state index in [0.29, 0.717) is 5.92 Å². The highest BCUT2D eigenvalue weighted by atomic mass is 15.2. The van der Waals surface area contributed by atoms with Crippen molar-refractivity contribution in [2.75, 3.05) is 0 Å². The molecule has 2 unspecified atom stereocenters. The highest BCUT2D eigenvalue weighted by Crippen LogP contribution is 2.40. The molecule has 0 aliphatic heterocycles. The second-order valence-corrected chi connectivity index (χ2v) is 5.41. The predicted octanol–water partition coefficient (Wildman–Crippen LogP) is 3.23. The van der Waals surface area contributed by atoms with Crippen LogP contribution in [0.3, 0.4) is 0 Å². The van der Waals surface area contributed by atoms with Crippen molar-refractivity contribution in [2.45, 2.75) is 31.7 Å². The van der Waals surface area contributed by atoms with Crippen LogP contribution in [-0.2, 0) is 6.42 Å². The van der Waals surface area contributed by atoms with E-state index in [-0.39, 0.29) is 6.04 Å². The van der Waals surface area contributed by atoms with Crippen molar-refractivity contribution in [3.8, 4) is 0 Å². The zero-order valence-corrected chi connectivity index (χ0v) is 11.3. The fourth-order valence-electron chi connectivity index (χ4n) is 3.12. The fourth-order valence-corrected chi connectivity index (χ4v) is 3.12. The van der Waals surface area contributed by atoms with Gasteiger partial charge in [0.25, 0.3) is 0 Å². The molecule has 0 spiro atoms.